The van der Waals surface area contributed by atoms with Gasteiger partial charge in [0.1, 0.15) is 0 Å². The molecule has 2 aliphatic heterocycles. The lowest BCUT2D eigenvalue weighted by Gasteiger charge is -2.34. The number of sulfonamides is 2. The second-order valence-corrected chi connectivity index (χ2v) is 12.0. The van der Waals surface area contributed by atoms with Crippen LogP contribution >= 0.6 is 0 Å². The molecule has 178 valence electrons. The molecule has 6 rings (SSSR count). The second-order valence-electron chi connectivity index (χ2n) is 8.56. The summed E-state index contributed by atoms with van der Waals surface area (Å²) in [5, 5.41) is 0. The highest BCUT2D eigenvalue weighted by Crippen LogP contribution is 2.43. The van der Waals surface area contributed by atoms with Crippen molar-refractivity contribution in [1.29, 1.82) is 0 Å². The molecule has 0 saturated heterocycles. The van der Waals surface area contributed by atoms with Gasteiger partial charge < -0.3 is 0 Å². The molecule has 0 aromatic heterocycles. The fourth-order valence-electron chi connectivity index (χ4n) is 4.53. The Labute approximate surface area is 206 Å². The van der Waals surface area contributed by atoms with E-state index >= 15 is 0 Å². The lowest BCUT2D eigenvalue weighted by atomic mass is 10.0. The monoisotopic (exact) mass is 504 g/mol. The van der Waals surface area contributed by atoms with Gasteiger partial charge in [0, 0.05) is 28.3 Å². The smallest absolute Gasteiger partial charge is 0.265 e. The lowest BCUT2D eigenvalue weighted by molar-refractivity contribution is 0.583. The molecule has 0 fully saturated rings. The number of hydrogen-bond acceptors (Lipinski definition) is 4. The van der Waals surface area contributed by atoms with Crippen molar-refractivity contribution in [3.8, 4) is 22.3 Å². The van der Waals surface area contributed by atoms with Crippen LogP contribution in [0.3, 0.4) is 0 Å². The number of anilines is 2. The van der Waals surface area contributed by atoms with Crippen LogP contribution in [-0.2, 0) is 20.0 Å². The number of hydrogen-bond donors (Lipinski definition) is 1. The molecule has 0 saturated carbocycles. The maximum absolute atomic E-state index is 12.7. The van der Waals surface area contributed by atoms with Gasteiger partial charge in [-0.1, -0.05) is 72.8 Å². The standard InChI is InChI=1S/C15H15NO2S.C12H9NO2S/c1-11(2)16-14-9-5-3-7-12(14)13-8-4-6-10-15(13)19(16,17)18;14-16(15)12-8-4-2-6-10(12)9-5-1-3-7-11(9)13-16/h3-11H,1-2H3;1-8,13H. The molecule has 1 N–H and O–H groups in total. The van der Waals surface area contributed by atoms with Crippen molar-refractivity contribution in [2.24, 2.45) is 0 Å². The highest BCUT2D eigenvalue weighted by Gasteiger charge is 2.35. The van der Waals surface area contributed by atoms with E-state index in [1.54, 1.807) is 30.3 Å². The molecular weight excluding hydrogens is 480 g/mol. The van der Waals surface area contributed by atoms with Gasteiger partial charge in [-0.3, -0.25) is 9.03 Å². The van der Waals surface area contributed by atoms with Crippen LogP contribution in [0.15, 0.2) is 107 Å². The minimum atomic E-state index is -3.46. The number of nitrogens with one attached hydrogen (secondary N) is 1. The highest BCUT2D eigenvalue weighted by atomic mass is 32.2. The molecule has 2 aliphatic rings. The number of rotatable bonds is 1. The predicted octanol–water partition coefficient (Wildman–Crippen LogP) is 5.74. The van der Waals surface area contributed by atoms with Crippen molar-refractivity contribution in [3.05, 3.63) is 97.1 Å². The quantitative estimate of drug-likeness (QED) is 0.358. The Balaban J connectivity index is 0.000000147. The Morgan fingerprint density at radius 2 is 1.09 bits per heavy atom. The summed E-state index contributed by atoms with van der Waals surface area (Å²) in [6.45, 7) is 3.78. The zero-order valence-corrected chi connectivity index (χ0v) is 20.8. The van der Waals surface area contributed by atoms with E-state index in [-0.39, 0.29) is 6.04 Å². The van der Waals surface area contributed by atoms with Gasteiger partial charge in [0.2, 0.25) is 0 Å². The van der Waals surface area contributed by atoms with Crippen molar-refractivity contribution in [3.63, 3.8) is 0 Å². The number of benzene rings is 4. The van der Waals surface area contributed by atoms with Crippen molar-refractivity contribution >= 4 is 31.4 Å². The van der Waals surface area contributed by atoms with Crippen molar-refractivity contribution in [1.82, 2.24) is 0 Å². The third-order valence-corrected chi connectivity index (χ3v) is 9.43. The fourth-order valence-corrected chi connectivity index (χ4v) is 7.72. The minimum Gasteiger partial charge on any atom is -0.279 e. The average molecular weight is 505 g/mol. The number of nitrogens with zero attached hydrogens (tertiary/aromatic N) is 1. The third-order valence-electron chi connectivity index (χ3n) is 5.96. The minimum absolute atomic E-state index is 0.112. The molecule has 0 radical (unpaired) electrons. The zero-order valence-electron chi connectivity index (χ0n) is 19.2. The van der Waals surface area contributed by atoms with Crippen LogP contribution in [0, 0.1) is 0 Å². The fraction of sp³-hybridized carbons (Fsp3) is 0.111. The first-order valence-electron chi connectivity index (χ1n) is 11.2. The van der Waals surface area contributed by atoms with Crippen LogP contribution in [0.4, 0.5) is 11.4 Å². The van der Waals surface area contributed by atoms with E-state index in [1.807, 2.05) is 80.6 Å². The van der Waals surface area contributed by atoms with E-state index in [0.717, 1.165) is 27.9 Å². The molecule has 4 aromatic carbocycles. The molecule has 0 spiro atoms. The van der Waals surface area contributed by atoms with Gasteiger partial charge in [-0.25, -0.2) is 16.8 Å². The topological polar surface area (TPSA) is 83.6 Å². The Hall–Kier alpha value is -3.62. The molecule has 0 bridgehead atoms. The predicted molar refractivity (Wildman–Crippen MR) is 139 cm³/mol. The molecule has 0 amide bonds. The Kier molecular flexibility index (Phi) is 5.65. The first kappa shape index (κ1) is 23.1. The largest absolute Gasteiger partial charge is 0.279 e. The molecular formula is C27H24N2O4S2. The first-order chi connectivity index (χ1) is 16.7. The van der Waals surface area contributed by atoms with Gasteiger partial charge in [0.05, 0.1) is 21.2 Å². The van der Waals surface area contributed by atoms with Crippen LogP contribution in [0.25, 0.3) is 22.3 Å². The van der Waals surface area contributed by atoms with Crippen LogP contribution in [0.2, 0.25) is 0 Å². The van der Waals surface area contributed by atoms with Gasteiger partial charge in [-0.05, 0) is 38.1 Å². The second kappa shape index (κ2) is 8.55. The SMILES string of the molecule is CC(C)N1c2ccccc2-c2ccccc2S1(=O)=O.O=S1(=O)Nc2ccccc2-c2ccccc21. The highest BCUT2D eigenvalue weighted by molar-refractivity contribution is 7.93. The van der Waals surface area contributed by atoms with Gasteiger partial charge in [-0.2, -0.15) is 0 Å². The van der Waals surface area contributed by atoms with Crippen LogP contribution in [-0.4, -0.2) is 22.9 Å². The van der Waals surface area contributed by atoms with E-state index in [2.05, 4.69) is 4.72 Å². The molecule has 35 heavy (non-hydrogen) atoms. The Morgan fingerprint density at radius 3 is 1.74 bits per heavy atom. The summed E-state index contributed by atoms with van der Waals surface area (Å²) in [4.78, 5) is 0.733. The molecule has 0 unspecified atom stereocenters. The summed E-state index contributed by atoms with van der Waals surface area (Å²) < 4.78 is 53.4. The van der Waals surface area contributed by atoms with Crippen LogP contribution in [0.5, 0.6) is 0 Å². The zero-order chi connectivity index (χ0) is 24.8. The third kappa shape index (κ3) is 3.88. The van der Waals surface area contributed by atoms with E-state index in [1.165, 1.54) is 4.31 Å². The normalized spacial score (nSPS) is 15.9. The summed E-state index contributed by atoms with van der Waals surface area (Å²) in [6, 6.07) is 29.1. The van der Waals surface area contributed by atoms with Crippen molar-refractivity contribution < 1.29 is 16.8 Å². The molecule has 6 nitrogen and oxygen atoms in total. The van der Waals surface area contributed by atoms with Gasteiger partial charge in [0.15, 0.2) is 0 Å². The van der Waals surface area contributed by atoms with Crippen LogP contribution < -0.4 is 9.03 Å². The van der Waals surface area contributed by atoms with E-state index in [9.17, 15) is 16.8 Å². The molecule has 2 heterocycles. The molecule has 0 aliphatic carbocycles. The molecule has 0 atom stereocenters. The number of para-hydroxylation sites is 2. The molecule has 8 heteroatoms. The molecule has 4 aromatic rings. The van der Waals surface area contributed by atoms with Gasteiger partial charge >= 0.3 is 0 Å². The van der Waals surface area contributed by atoms with Gasteiger partial charge in [-0.15, -0.1) is 0 Å². The van der Waals surface area contributed by atoms with E-state index in [0.29, 0.717) is 15.5 Å². The van der Waals surface area contributed by atoms with Crippen molar-refractivity contribution in [2.75, 3.05) is 9.03 Å². The van der Waals surface area contributed by atoms with Crippen LogP contribution in [0.1, 0.15) is 13.8 Å². The maximum atomic E-state index is 12.7. The summed E-state index contributed by atoms with van der Waals surface area (Å²) in [5.41, 5.74) is 4.85. The van der Waals surface area contributed by atoms with E-state index < -0.39 is 20.0 Å². The lowest BCUT2D eigenvalue weighted by Crippen LogP contribution is -2.39. The summed E-state index contributed by atoms with van der Waals surface area (Å²) >= 11 is 0. The van der Waals surface area contributed by atoms with Gasteiger partial charge in [0.25, 0.3) is 20.0 Å². The summed E-state index contributed by atoms with van der Waals surface area (Å²) in [6.07, 6.45) is 0. The first-order valence-corrected chi connectivity index (χ1v) is 14.1. The van der Waals surface area contributed by atoms with Crippen molar-refractivity contribution in [2.45, 2.75) is 29.7 Å². The Morgan fingerprint density at radius 1 is 0.600 bits per heavy atom. The van der Waals surface area contributed by atoms with E-state index in [4.69, 9.17) is 0 Å². The Bertz CT molecular complexity index is 1650. The maximum Gasteiger partial charge on any atom is 0.265 e. The average Bonchev–Trinajstić information content (AvgIpc) is 2.84. The number of fused-ring (bicyclic) bond motifs is 6. The summed E-state index contributed by atoms with van der Waals surface area (Å²) in [7, 11) is -6.87. The summed E-state index contributed by atoms with van der Waals surface area (Å²) in [5.74, 6) is 0.